The Bertz CT molecular complexity index is 427. The molecule has 1 aromatic carbocycles. The summed E-state index contributed by atoms with van der Waals surface area (Å²) in [5.41, 5.74) is 6.73. The fourth-order valence-electron chi connectivity index (χ4n) is 2.32. The number of hydrogen-bond donors (Lipinski definition) is 1. The maximum Gasteiger partial charge on any atom is 0.123 e. The summed E-state index contributed by atoms with van der Waals surface area (Å²) in [6.07, 6.45) is 0. The van der Waals surface area contributed by atoms with Crippen LogP contribution in [0.25, 0.3) is 0 Å². The van der Waals surface area contributed by atoms with E-state index in [1.165, 1.54) is 12.1 Å². The summed E-state index contributed by atoms with van der Waals surface area (Å²) in [6.45, 7) is 6.88. The maximum atomic E-state index is 12.9. The van der Waals surface area contributed by atoms with Gasteiger partial charge in [-0.15, -0.1) is 0 Å². The quantitative estimate of drug-likeness (QED) is 0.854. The van der Waals surface area contributed by atoms with Crippen LogP contribution < -0.4 is 10.6 Å². The minimum absolute atomic E-state index is 0.187. The van der Waals surface area contributed by atoms with E-state index in [-0.39, 0.29) is 11.7 Å². The smallest absolute Gasteiger partial charge is 0.123 e. The zero-order chi connectivity index (χ0) is 13.8. The Kier molecular flexibility index (Phi) is 4.71. The first kappa shape index (κ1) is 14.2. The third-order valence-corrected chi connectivity index (χ3v) is 3.98. The van der Waals surface area contributed by atoms with Crippen molar-refractivity contribution < 1.29 is 4.39 Å². The third-order valence-electron chi connectivity index (χ3n) is 3.58. The Labute approximate surface area is 119 Å². The van der Waals surface area contributed by atoms with Crippen LogP contribution in [0.3, 0.4) is 0 Å². The van der Waals surface area contributed by atoms with Crippen molar-refractivity contribution in [3.05, 3.63) is 30.1 Å². The zero-order valence-electron chi connectivity index (χ0n) is 11.2. The predicted octanol–water partition coefficient (Wildman–Crippen LogP) is 1.87. The highest BCUT2D eigenvalue weighted by Crippen LogP contribution is 2.17. The molecule has 1 saturated heterocycles. The third kappa shape index (κ3) is 3.88. The fraction of sp³-hybridized carbons (Fsp3) is 0.500. The predicted molar refractivity (Wildman–Crippen MR) is 81.0 cm³/mol. The van der Waals surface area contributed by atoms with Crippen LogP contribution in [0, 0.1) is 11.7 Å². The lowest BCUT2D eigenvalue weighted by Crippen LogP contribution is -2.48. The van der Waals surface area contributed by atoms with Gasteiger partial charge in [0.25, 0.3) is 0 Å². The van der Waals surface area contributed by atoms with Crippen LogP contribution >= 0.6 is 12.2 Å². The highest BCUT2D eigenvalue weighted by molar-refractivity contribution is 7.80. The lowest BCUT2D eigenvalue weighted by molar-refractivity contribution is 0.244. The Hall–Kier alpha value is -1.20. The van der Waals surface area contributed by atoms with Crippen LogP contribution in [0.15, 0.2) is 24.3 Å². The molecule has 0 amide bonds. The number of hydrogen-bond acceptors (Lipinski definition) is 3. The van der Waals surface area contributed by atoms with E-state index >= 15 is 0 Å². The summed E-state index contributed by atoms with van der Waals surface area (Å²) in [7, 11) is 0. The van der Waals surface area contributed by atoms with E-state index in [2.05, 4.69) is 16.7 Å². The average Bonchev–Trinajstić information content (AvgIpc) is 2.40. The molecule has 0 spiro atoms. The SMILES string of the molecule is CC(CN1CCN(c2ccc(F)cc2)CC1)C(N)=S. The summed E-state index contributed by atoms with van der Waals surface area (Å²) < 4.78 is 12.9. The molecule has 0 aromatic heterocycles. The van der Waals surface area contributed by atoms with Crippen LogP contribution in [-0.2, 0) is 0 Å². The van der Waals surface area contributed by atoms with E-state index in [9.17, 15) is 4.39 Å². The summed E-state index contributed by atoms with van der Waals surface area (Å²) in [5, 5.41) is 0. The largest absolute Gasteiger partial charge is 0.393 e. The molecule has 1 aliphatic heterocycles. The molecule has 1 aromatic rings. The van der Waals surface area contributed by atoms with E-state index in [0.717, 1.165) is 38.4 Å². The van der Waals surface area contributed by atoms with Crippen LogP contribution in [0.5, 0.6) is 0 Å². The molecule has 1 aliphatic rings. The molecule has 3 nitrogen and oxygen atoms in total. The van der Waals surface area contributed by atoms with Gasteiger partial charge in [-0.2, -0.15) is 0 Å². The van der Waals surface area contributed by atoms with Crippen molar-refractivity contribution in [3.8, 4) is 0 Å². The fourth-order valence-corrected chi connectivity index (χ4v) is 2.39. The first-order valence-electron chi connectivity index (χ1n) is 6.58. The molecule has 0 radical (unpaired) electrons. The molecule has 1 atom stereocenters. The molecule has 1 unspecified atom stereocenters. The number of nitrogens with two attached hydrogens (primary N) is 1. The van der Waals surface area contributed by atoms with Gasteiger partial charge in [0.15, 0.2) is 0 Å². The van der Waals surface area contributed by atoms with Gasteiger partial charge < -0.3 is 10.6 Å². The van der Waals surface area contributed by atoms with Gasteiger partial charge in [-0.25, -0.2) is 4.39 Å². The normalized spacial score (nSPS) is 18.3. The Morgan fingerprint density at radius 2 is 1.84 bits per heavy atom. The van der Waals surface area contributed by atoms with Crippen LogP contribution in [-0.4, -0.2) is 42.6 Å². The van der Waals surface area contributed by atoms with Crippen LogP contribution in [0.4, 0.5) is 10.1 Å². The van der Waals surface area contributed by atoms with Crippen LogP contribution in [0.2, 0.25) is 0 Å². The van der Waals surface area contributed by atoms with E-state index < -0.39 is 0 Å². The van der Waals surface area contributed by atoms with Gasteiger partial charge >= 0.3 is 0 Å². The van der Waals surface area contributed by atoms with Crippen molar-refractivity contribution in [1.82, 2.24) is 4.90 Å². The lowest BCUT2D eigenvalue weighted by Gasteiger charge is -2.37. The molecular weight excluding hydrogens is 261 g/mol. The number of halogens is 1. The Balaban J connectivity index is 1.85. The molecule has 2 rings (SSSR count). The summed E-state index contributed by atoms with van der Waals surface area (Å²) in [5.74, 6) is 0.0695. The molecular formula is C14H20FN3S. The lowest BCUT2D eigenvalue weighted by atomic mass is 10.1. The highest BCUT2D eigenvalue weighted by atomic mass is 32.1. The first-order chi connectivity index (χ1) is 9.06. The minimum Gasteiger partial charge on any atom is -0.393 e. The Morgan fingerprint density at radius 1 is 1.26 bits per heavy atom. The van der Waals surface area contributed by atoms with Crippen molar-refractivity contribution >= 4 is 22.9 Å². The second-order valence-electron chi connectivity index (χ2n) is 5.07. The number of anilines is 1. The summed E-state index contributed by atoms with van der Waals surface area (Å²) >= 11 is 5.00. The molecule has 0 aliphatic carbocycles. The molecule has 1 fully saturated rings. The second kappa shape index (κ2) is 6.30. The average molecular weight is 281 g/mol. The molecule has 5 heteroatoms. The summed E-state index contributed by atoms with van der Waals surface area (Å²) in [4.78, 5) is 5.24. The molecule has 1 heterocycles. The van der Waals surface area contributed by atoms with Gasteiger partial charge in [0, 0.05) is 44.3 Å². The van der Waals surface area contributed by atoms with Gasteiger partial charge in [-0.1, -0.05) is 19.1 Å². The van der Waals surface area contributed by atoms with Crippen molar-refractivity contribution in [2.75, 3.05) is 37.6 Å². The van der Waals surface area contributed by atoms with Crippen molar-refractivity contribution in [2.45, 2.75) is 6.92 Å². The minimum atomic E-state index is -0.187. The monoisotopic (exact) mass is 281 g/mol. The van der Waals surface area contributed by atoms with Crippen molar-refractivity contribution in [3.63, 3.8) is 0 Å². The molecule has 2 N–H and O–H groups in total. The van der Waals surface area contributed by atoms with Crippen molar-refractivity contribution in [1.29, 1.82) is 0 Å². The van der Waals surface area contributed by atoms with Crippen LogP contribution in [0.1, 0.15) is 6.92 Å². The highest BCUT2D eigenvalue weighted by Gasteiger charge is 2.19. The first-order valence-corrected chi connectivity index (χ1v) is 6.99. The number of nitrogens with zero attached hydrogens (tertiary/aromatic N) is 2. The molecule has 0 bridgehead atoms. The van der Waals surface area contributed by atoms with E-state index in [0.29, 0.717) is 4.99 Å². The van der Waals surface area contributed by atoms with E-state index in [1.54, 1.807) is 0 Å². The molecule has 104 valence electrons. The molecule has 0 saturated carbocycles. The number of rotatable bonds is 4. The zero-order valence-corrected chi connectivity index (χ0v) is 12.0. The topological polar surface area (TPSA) is 32.5 Å². The van der Waals surface area contributed by atoms with E-state index in [4.69, 9.17) is 18.0 Å². The van der Waals surface area contributed by atoms with E-state index in [1.807, 2.05) is 12.1 Å². The van der Waals surface area contributed by atoms with Gasteiger partial charge in [0.05, 0.1) is 4.99 Å². The number of piperazine rings is 1. The van der Waals surface area contributed by atoms with Crippen molar-refractivity contribution in [2.24, 2.45) is 11.7 Å². The van der Waals surface area contributed by atoms with Gasteiger partial charge in [-0.05, 0) is 24.3 Å². The second-order valence-corrected chi connectivity index (χ2v) is 5.54. The number of thiocarbonyl (C=S) groups is 1. The Morgan fingerprint density at radius 3 is 2.37 bits per heavy atom. The van der Waals surface area contributed by atoms with Gasteiger partial charge in [0.2, 0.25) is 0 Å². The maximum absolute atomic E-state index is 12.9. The number of benzene rings is 1. The van der Waals surface area contributed by atoms with Gasteiger partial charge in [-0.3, -0.25) is 4.90 Å². The summed E-state index contributed by atoms with van der Waals surface area (Å²) in [6, 6.07) is 6.69. The van der Waals surface area contributed by atoms with Gasteiger partial charge in [0.1, 0.15) is 5.82 Å². The standard InChI is InChI=1S/C14H20FN3S/c1-11(14(16)19)10-17-6-8-18(9-7-17)13-4-2-12(15)3-5-13/h2-5,11H,6-10H2,1H3,(H2,16,19). The molecule has 19 heavy (non-hydrogen) atoms.